The average Bonchev–Trinajstić information content (AvgIpc) is 2.88. The second kappa shape index (κ2) is 6.96. The van der Waals surface area contributed by atoms with Gasteiger partial charge < -0.3 is 4.57 Å². The summed E-state index contributed by atoms with van der Waals surface area (Å²) in [5.74, 6) is 2.78. The van der Waals surface area contributed by atoms with E-state index in [4.69, 9.17) is 0 Å². The lowest BCUT2D eigenvalue weighted by Crippen LogP contribution is -2.24. The van der Waals surface area contributed by atoms with E-state index >= 15 is 0 Å². The number of nitrogens with zero attached hydrogens (tertiary/aromatic N) is 2. The molecule has 0 aromatic carbocycles. The lowest BCUT2D eigenvalue weighted by atomic mass is 9.74. The Morgan fingerprint density at radius 1 is 1.28 bits per heavy atom. The van der Waals surface area contributed by atoms with Crippen LogP contribution in [0.4, 0.5) is 0 Å². The second-order valence-electron chi connectivity index (χ2n) is 6.18. The Kier molecular flexibility index (Phi) is 5.27. The molecule has 2 heteroatoms. The molecule has 1 saturated carbocycles. The van der Waals surface area contributed by atoms with Gasteiger partial charge in [0, 0.05) is 18.9 Å². The zero-order chi connectivity index (χ0) is 12.8. The van der Waals surface area contributed by atoms with Crippen LogP contribution in [0.2, 0.25) is 0 Å². The average molecular weight is 248 g/mol. The zero-order valence-electron chi connectivity index (χ0n) is 12.0. The molecule has 18 heavy (non-hydrogen) atoms. The van der Waals surface area contributed by atoms with E-state index in [1.807, 2.05) is 12.5 Å². The van der Waals surface area contributed by atoms with Crippen molar-refractivity contribution in [3.63, 3.8) is 0 Å². The highest BCUT2D eigenvalue weighted by Gasteiger charge is 2.25. The molecule has 1 atom stereocenters. The van der Waals surface area contributed by atoms with E-state index in [1.165, 1.54) is 51.5 Å². The molecule has 1 aromatic heterocycles. The van der Waals surface area contributed by atoms with Crippen LogP contribution < -0.4 is 0 Å². The minimum absolute atomic E-state index is 0.867. The highest BCUT2D eigenvalue weighted by molar-refractivity contribution is 4.80. The summed E-state index contributed by atoms with van der Waals surface area (Å²) < 4.78 is 2.28. The highest BCUT2D eigenvalue weighted by Crippen LogP contribution is 2.36. The molecule has 0 amide bonds. The first-order valence-corrected chi connectivity index (χ1v) is 7.75. The summed E-state index contributed by atoms with van der Waals surface area (Å²) in [6.07, 6.45) is 15.9. The van der Waals surface area contributed by atoms with Crippen LogP contribution in [0, 0.1) is 17.8 Å². The van der Waals surface area contributed by atoms with Gasteiger partial charge in [-0.2, -0.15) is 0 Å². The Balaban J connectivity index is 1.91. The summed E-state index contributed by atoms with van der Waals surface area (Å²) >= 11 is 0. The SMILES string of the molecule is CCCCC(Cn1ccnc1)C1CCC(C)CC1. The van der Waals surface area contributed by atoms with Crippen LogP contribution in [-0.2, 0) is 6.54 Å². The van der Waals surface area contributed by atoms with Crippen LogP contribution in [0.15, 0.2) is 18.7 Å². The monoisotopic (exact) mass is 248 g/mol. The number of rotatable bonds is 6. The summed E-state index contributed by atoms with van der Waals surface area (Å²) in [5.41, 5.74) is 0. The van der Waals surface area contributed by atoms with Gasteiger partial charge in [-0.3, -0.25) is 0 Å². The lowest BCUT2D eigenvalue weighted by Gasteiger charge is -2.33. The molecule has 1 aliphatic carbocycles. The maximum absolute atomic E-state index is 4.18. The van der Waals surface area contributed by atoms with Crippen molar-refractivity contribution in [2.45, 2.75) is 65.3 Å². The Labute approximate surface area is 112 Å². The van der Waals surface area contributed by atoms with Gasteiger partial charge in [-0.15, -0.1) is 0 Å². The summed E-state index contributed by atoms with van der Waals surface area (Å²) in [6.45, 7) is 5.89. The van der Waals surface area contributed by atoms with Crippen LogP contribution in [-0.4, -0.2) is 9.55 Å². The molecule has 0 saturated heterocycles. The Hall–Kier alpha value is -0.790. The number of hydrogen-bond donors (Lipinski definition) is 0. The minimum Gasteiger partial charge on any atom is -0.337 e. The third-order valence-corrected chi connectivity index (χ3v) is 4.66. The largest absolute Gasteiger partial charge is 0.337 e. The summed E-state index contributed by atoms with van der Waals surface area (Å²) in [5, 5.41) is 0. The molecular formula is C16H28N2. The van der Waals surface area contributed by atoms with Crippen molar-refractivity contribution in [2.75, 3.05) is 0 Å². The van der Waals surface area contributed by atoms with Crippen LogP contribution >= 0.6 is 0 Å². The van der Waals surface area contributed by atoms with E-state index in [0.717, 1.165) is 17.8 Å². The van der Waals surface area contributed by atoms with Crippen molar-refractivity contribution in [2.24, 2.45) is 17.8 Å². The predicted molar refractivity (Wildman–Crippen MR) is 76.4 cm³/mol. The maximum Gasteiger partial charge on any atom is 0.0945 e. The summed E-state index contributed by atoms with van der Waals surface area (Å²) in [6, 6.07) is 0. The quantitative estimate of drug-likeness (QED) is 0.724. The number of aromatic nitrogens is 2. The van der Waals surface area contributed by atoms with Gasteiger partial charge >= 0.3 is 0 Å². The van der Waals surface area contributed by atoms with Crippen molar-refractivity contribution in [1.82, 2.24) is 9.55 Å². The van der Waals surface area contributed by atoms with Crippen molar-refractivity contribution in [1.29, 1.82) is 0 Å². The van der Waals surface area contributed by atoms with E-state index in [-0.39, 0.29) is 0 Å². The van der Waals surface area contributed by atoms with E-state index in [0.29, 0.717) is 0 Å². The Morgan fingerprint density at radius 3 is 2.67 bits per heavy atom. The van der Waals surface area contributed by atoms with Crippen molar-refractivity contribution in [3.8, 4) is 0 Å². The Morgan fingerprint density at radius 2 is 2.06 bits per heavy atom. The predicted octanol–water partition coefficient (Wildman–Crippen LogP) is 4.52. The van der Waals surface area contributed by atoms with E-state index in [2.05, 4.69) is 29.6 Å². The van der Waals surface area contributed by atoms with Crippen LogP contribution in [0.1, 0.15) is 58.8 Å². The van der Waals surface area contributed by atoms with Gasteiger partial charge in [0.2, 0.25) is 0 Å². The molecule has 0 radical (unpaired) electrons. The fraction of sp³-hybridized carbons (Fsp3) is 0.812. The van der Waals surface area contributed by atoms with E-state index < -0.39 is 0 Å². The van der Waals surface area contributed by atoms with Gasteiger partial charge in [-0.25, -0.2) is 4.98 Å². The molecule has 102 valence electrons. The third kappa shape index (κ3) is 3.86. The first-order valence-electron chi connectivity index (χ1n) is 7.75. The standard InChI is InChI=1S/C16H28N2/c1-3-4-5-16(12-18-11-10-17-13-18)15-8-6-14(2)7-9-15/h10-11,13-16H,3-9,12H2,1-2H3. The van der Waals surface area contributed by atoms with Gasteiger partial charge in [0.25, 0.3) is 0 Å². The molecule has 1 fully saturated rings. The molecule has 1 aromatic rings. The van der Waals surface area contributed by atoms with Gasteiger partial charge in [-0.1, -0.05) is 39.5 Å². The third-order valence-electron chi connectivity index (χ3n) is 4.66. The molecular weight excluding hydrogens is 220 g/mol. The topological polar surface area (TPSA) is 17.8 Å². The molecule has 0 N–H and O–H groups in total. The molecule has 2 rings (SSSR count). The fourth-order valence-corrected chi connectivity index (χ4v) is 3.37. The van der Waals surface area contributed by atoms with Crippen LogP contribution in [0.25, 0.3) is 0 Å². The van der Waals surface area contributed by atoms with Gasteiger partial charge in [-0.05, 0) is 37.0 Å². The lowest BCUT2D eigenvalue weighted by molar-refractivity contribution is 0.183. The molecule has 0 bridgehead atoms. The molecule has 1 aliphatic rings. The molecule has 0 aliphatic heterocycles. The fourth-order valence-electron chi connectivity index (χ4n) is 3.37. The Bertz CT molecular complexity index is 310. The smallest absolute Gasteiger partial charge is 0.0945 e. The van der Waals surface area contributed by atoms with Crippen LogP contribution in [0.3, 0.4) is 0 Å². The second-order valence-corrected chi connectivity index (χ2v) is 6.18. The number of hydrogen-bond acceptors (Lipinski definition) is 1. The number of unbranched alkanes of at least 4 members (excludes halogenated alkanes) is 1. The van der Waals surface area contributed by atoms with E-state index in [9.17, 15) is 0 Å². The van der Waals surface area contributed by atoms with Crippen molar-refractivity contribution in [3.05, 3.63) is 18.7 Å². The molecule has 1 unspecified atom stereocenters. The zero-order valence-corrected chi connectivity index (χ0v) is 12.0. The minimum atomic E-state index is 0.867. The summed E-state index contributed by atoms with van der Waals surface area (Å²) in [7, 11) is 0. The highest BCUT2D eigenvalue weighted by atomic mass is 15.0. The normalized spacial score (nSPS) is 26.1. The summed E-state index contributed by atoms with van der Waals surface area (Å²) in [4.78, 5) is 4.18. The van der Waals surface area contributed by atoms with Gasteiger partial charge in [0.05, 0.1) is 6.33 Å². The molecule has 0 spiro atoms. The molecule has 1 heterocycles. The van der Waals surface area contributed by atoms with Crippen molar-refractivity contribution < 1.29 is 0 Å². The van der Waals surface area contributed by atoms with E-state index in [1.54, 1.807) is 0 Å². The van der Waals surface area contributed by atoms with Crippen LogP contribution in [0.5, 0.6) is 0 Å². The van der Waals surface area contributed by atoms with Gasteiger partial charge in [0.1, 0.15) is 0 Å². The number of imidazole rings is 1. The first-order chi connectivity index (χ1) is 8.79. The first kappa shape index (κ1) is 13.6. The van der Waals surface area contributed by atoms with Gasteiger partial charge in [0.15, 0.2) is 0 Å². The maximum atomic E-state index is 4.18. The molecule has 2 nitrogen and oxygen atoms in total. The van der Waals surface area contributed by atoms with Crippen molar-refractivity contribution >= 4 is 0 Å².